The molecule has 15 heavy (non-hydrogen) atoms. The van der Waals surface area contributed by atoms with E-state index in [2.05, 4.69) is 22.3 Å². The summed E-state index contributed by atoms with van der Waals surface area (Å²) in [5.41, 5.74) is 12.9. The lowest BCUT2D eigenvalue weighted by molar-refractivity contribution is 0.798. The number of nitrogens with zero attached hydrogens (tertiary/aromatic N) is 2. The van der Waals surface area contributed by atoms with Gasteiger partial charge in [-0.15, -0.1) is 0 Å². The van der Waals surface area contributed by atoms with Crippen molar-refractivity contribution < 1.29 is 0 Å². The van der Waals surface area contributed by atoms with Gasteiger partial charge in [0.2, 0.25) is 0 Å². The van der Waals surface area contributed by atoms with Crippen LogP contribution in [0.1, 0.15) is 36.5 Å². The summed E-state index contributed by atoms with van der Waals surface area (Å²) in [5.74, 6) is 0. The van der Waals surface area contributed by atoms with E-state index in [0.717, 1.165) is 36.0 Å². The average molecular weight is 202 g/mol. The molecule has 0 bridgehead atoms. The van der Waals surface area contributed by atoms with E-state index in [0.29, 0.717) is 0 Å². The number of benzene rings is 1. The predicted molar refractivity (Wildman–Crippen MR) is 59.7 cm³/mol. The summed E-state index contributed by atoms with van der Waals surface area (Å²) >= 11 is 0. The molecule has 0 radical (unpaired) electrons. The van der Waals surface area contributed by atoms with Crippen molar-refractivity contribution in [1.82, 2.24) is 15.4 Å². The molecule has 0 unspecified atom stereocenters. The molecule has 0 fully saturated rings. The number of aromatic amines is 1. The number of hydrogen-bond acceptors (Lipinski definition) is 3. The molecule has 1 aromatic carbocycles. The highest BCUT2D eigenvalue weighted by molar-refractivity contribution is 5.93. The SMILES string of the molecule is CCCCc1c(N)c2c(c3n[nH]nc13)C2. The second kappa shape index (κ2) is 2.95. The van der Waals surface area contributed by atoms with Crippen molar-refractivity contribution in [3.05, 3.63) is 16.7 Å². The van der Waals surface area contributed by atoms with E-state index < -0.39 is 0 Å². The summed E-state index contributed by atoms with van der Waals surface area (Å²) in [6.45, 7) is 2.19. The van der Waals surface area contributed by atoms with Crippen LogP contribution in [0.3, 0.4) is 0 Å². The maximum Gasteiger partial charge on any atom is 0.118 e. The maximum absolute atomic E-state index is 6.12. The van der Waals surface area contributed by atoms with Crippen LogP contribution in [0.15, 0.2) is 0 Å². The Balaban J connectivity index is 2.18. The second-order valence-corrected chi connectivity index (χ2v) is 4.15. The number of nitrogen functional groups attached to an aromatic ring is 1. The molecule has 0 amide bonds. The van der Waals surface area contributed by atoms with E-state index in [1.165, 1.54) is 23.1 Å². The van der Waals surface area contributed by atoms with Gasteiger partial charge in [0.15, 0.2) is 0 Å². The monoisotopic (exact) mass is 202 g/mol. The van der Waals surface area contributed by atoms with Crippen molar-refractivity contribution in [3.8, 4) is 0 Å². The zero-order chi connectivity index (χ0) is 10.4. The van der Waals surface area contributed by atoms with Crippen molar-refractivity contribution in [3.63, 3.8) is 0 Å². The van der Waals surface area contributed by atoms with Gasteiger partial charge in [-0.2, -0.15) is 15.4 Å². The Kier molecular flexibility index (Phi) is 1.71. The number of nitrogens with one attached hydrogen (secondary N) is 1. The minimum atomic E-state index is 0.958. The fraction of sp³-hybridized carbons (Fsp3) is 0.455. The summed E-state index contributed by atoms with van der Waals surface area (Å²) in [6.07, 6.45) is 4.35. The topological polar surface area (TPSA) is 67.6 Å². The summed E-state index contributed by atoms with van der Waals surface area (Å²) in [5, 5.41) is 11.1. The zero-order valence-corrected chi connectivity index (χ0v) is 8.80. The molecule has 0 aliphatic heterocycles. The molecular formula is C11H14N4. The molecule has 4 heteroatoms. The van der Waals surface area contributed by atoms with Gasteiger partial charge in [0.25, 0.3) is 0 Å². The number of H-pyrrole nitrogens is 1. The third-order valence-electron chi connectivity index (χ3n) is 3.14. The molecule has 0 spiro atoms. The average Bonchev–Trinajstić information content (AvgIpc) is 2.90. The van der Waals surface area contributed by atoms with Crippen molar-refractivity contribution >= 4 is 16.7 Å². The van der Waals surface area contributed by atoms with E-state index in [9.17, 15) is 0 Å². The van der Waals surface area contributed by atoms with Crippen LogP contribution < -0.4 is 5.73 Å². The van der Waals surface area contributed by atoms with Crippen molar-refractivity contribution in [2.75, 3.05) is 5.73 Å². The van der Waals surface area contributed by atoms with Gasteiger partial charge in [0.05, 0.1) is 0 Å². The first-order valence-corrected chi connectivity index (χ1v) is 5.45. The molecule has 1 aliphatic carbocycles. The lowest BCUT2D eigenvalue weighted by atomic mass is 10.0. The van der Waals surface area contributed by atoms with E-state index in [1.807, 2.05) is 0 Å². The van der Waals surface area contributed by atoms with Gasteiger partial charge < -0.3 is 5.73 Å². The van der Waals surface area contributed by atoms with Crippen LogP contribution in [-0.4, -0.2) is 15.4 Å². The molecule has 2 aromatic rings. The molecule has 1 heterocycles. The first-order valence-electron chi connectivity index (χ1n) is 5.45. The van der Waals surface area contributed by atoms with Gasteiger partial charge in [-0.1, -0.05) is 13.3 Å². The molecule has 1 aromatic heterocycles. The first kappa shape index (κ1) is 8.71. The van der Waals surface area contributed by atoms with Gasteiger partial charge in [0.1, 0.15) is 11.0 Å². The second-order valence-electron chi connectivity index (χ2n) is 4.15. The zero-order valence-electron chi connectivity index (χ0n) is 8.80. The van der Waals surface area contributed by atoms with E-state index >= 15 is 0 Å². The molecule has 3 rings (SSSR count). The number of hydrogen-bond donors (Lipinski definition) is 2. The summed E-state index contributed by atoms with van der Waals surface area (Å²) in [6, 6.07) is 0. The Morgan fingerprint density at radius 3 is 2.87 bits per heavy atom. The molecule has 1 aliphatic rings. The van der Waals surface area contributed by atoms with Crippen LogP contribution in [0.4, 0.5) is 5.69 Å². The van der Waals surface area contributed by atoms with Crippen molar-refractivity contribution in [2.24, 2.45) is 0 Å². The number of unbranched alkanes of at least 4 members (excludes halogenated alkanes) is 1. The highest BCUT2D eigenvalue weighted by atomic mass is 15.3. The number of aryl methyl sites for hydroxylation is 1. The summed E-state index contributed by atoms with van der Waals surface area (Å²) in [4.78, 5) is 0. The highest BCUT2D eigenvalue weighted by Crippen LogP contribution is 2.42. The van der Waals surface area contributed by atoms with Crippen molar-refractivity contribution in [1.29, 1.82) is 0 Å². The lowest BCUT2D eigenvalue weighted by Crippen LogP contribution is -1.96. The normalized spacial score (nSPS) is 13.1. The van der Waals surface area contributed by atoms with Gasteiger partial charge >= 0.3 is 0 Å². The van der Waals surface area contributed by atoms with Gasteiger partial charge in [-0.3, -0.25) is 0 Å². The Labute approximate surface area is 87.9 Å². The number of aromatic nitrogens is 3. The Morgan fingerprint density at radius 1 is 1.27 bits per heavy atom. The quantitative estimate of drug-likeness (QED) is 0.636. The van der Waals surface area contributed by atoms with Crippen LogP contribution in [0.5, 0.6) is 0 Å². The first-order chi connectivity index (χ1) is 7.33. The van der Waals surface area contributed by atoms with Gasteiger partial charge in [-0.25, -0.2) is 0 Å². The van der Waals surface area contributed by atoms with E-state index in [1.54, 1.807) is 0 Å². The van der Waals surface area contributed by atoms with Gasteiger partial charge in [-0.05, 0) is 24.0 Å². The van der Waals surface area contributed by atoms with E-state index in [4.69, 9.17) is 5.73 Å². The Hall–Kier alpha value is -1.58. The van der Waals surface area contributed by atoms with Crippen LogP contribution in [0.25, 0.3) is 11.0 Å². The standard InChI is InChI=1S/C11H14N4/c1-2-3-4-6-9(12)7-5-8(7)11-10(6)13-15-14-11/h2-5,12H2,1H3,(H,13,14,15). The molecule has 0 saturated heterocycles. The van der Waals surface area contributed by atoms with Gasteiger partial charge in [0, 0.05) is 17.7 Å². The maximum atomic E-state index is 6.12. The summed E-state index contributed by atoms with van der Waals surface area (Å²) in [7, 11) is 0. The molecule has 0 saturated carbocycles. The Morgan fingerprint density at radius 2 is 2.07 bits per heavy atom. The number of rotatable bonds is 3. The third kappa shape index (κ3) is 1.14. The van der Waals surface area contributed by atoms with Crippen LogP contribution in [-0.2, 0) is 12.8 Å². The predicted octanol–water partition coefficient (Wildman–Crippen LogP) is 1.79. The lowest BCUT2D eigenvalue weighted by Gasteiger charge is -2.04. The Bertz CT molecular complexity index is 527. The fourth-order valence-corrected chi connectivity index (χ4v) is 2.19. The minimum absolute atomic E-state index is 0.958. The molecule has 4 nitrogen and oxygen atoms in total. The largest absolute Gasteiger partial charge is 0.398 e. The summed E-state index contributed by atoms with van der Waals surface area (Å²) < 4.78 is 0. The van der Waals surface area contributed by atoms with Crippen LogP contribution in [0.2, 0.25) is 0 Å². The molecular weight excluding hydrogens is 188 g/mol. The molecule has 3 N–H and O–H groups in total. The van der Waals surface area contributed by atoms with Crippen LogP contribution >= 0.6 is 0 Å². The van der Waals surface area contributed by atoms with Crippen LogP contribution in [0, 0.1) is 0 Å². The number of fused-ring (bicyclic) bond motifs is 3. The van der Waals surface area contributed by atoms with Crippen molar-refractivity contribution in [2.45, 2.75) is 32.6 Å². The number of nitrogens with two attached hydrogens (primary N) is 1. The number of anilines is 1. The smallest absolute Gasteiger partial charge is 0.118 e. The van der Waals surface area contributed by atoms with E-state index in [-0.39, 0.29) is 0 Å². The third-order valence-corrected chi connectivity index (χ3v) is 3.14. The molecule has 78 valence electrons. The highest BCUT2D eigenvalue weighted by Gasteiger charge is 2.28. The minimum Gasteiger partial charge on any atom is -0.398 e. The fourth-order valence-electron chi connectivity index (χ4n) is 2.19. The molecule has 0 atom stereocenters.